The van der Waals surface area contributed by atoms with Crippen molar-refractivity contribution in [3.05, 3.63) is 23.8 Å². The number of carbonyl (C=O) groups excluding carboxylic acids is 2. The minimum atomic E-state index is -0.637. The molecule has 1 rings (SSSR count). The minimum absolute atomic E-state index is 0.203. The highest BCUT2D eigenvalue weighted by atomic mass is 16.5. The predicted molar refractivity (Wildman–Crippen MR) is 71.0 cm³/mol. The standard InChI is InChI=1S/C13H18N2O4/c1-4-15(2)11(16)8-19-13(17)9-6-5-7-10(14)12(9)18-3/h5-7H,4,8,14H2,1-3H3. The summed E-state index contributed by atoms with van der Waals surface area (Å²) in [5.74, 6) is -0.649. The normalized spacial score (nSPS) is 9.84. The van der Waals surface area contributed by atoms with Crippen LogP contribution in [0.4, 0.5) is 5.69 Å². The molecule has 0 spiro atoms. The molecule has 1 aromatic carbocycles. The average molecular weight is 266 g/mol. The summed E-state index contributed by atoms with van der Waals surface area (Å²) in [6.07, 6.45) is 0. The van der Waals surface area contributed by atoms with Crippen molar-refractivity contribution in [2.24, 2.45) is 0 Å². The molecule has 0 heterocycles. The third kappa shape index (κ3) is 3.61. The van der Waals surface area contributed by atoms with Crippen LogP contribution in [0.5, 0.6) is 5.75 Å². The van der Waals surface area contributed by atoms with E-state index in [-0.39, 0.29) is 23.8 Å². The highest BCUT2D eigenvalue weighted by Crippen LogP contribution is 2.26. The third-order valence-electron chi connectivity index (χ3n) is 2.70. The maximum atomic E-state index is 11.9. The van der Waals surface area contributed by atoms with Crippen molar-refractivity contribution >= 4 is 17.6 Å². The third-order valence-corrected chi connectivity index (χ3v) is 2.70. The van der Waals surface area contributed by atoms with Crippen LogP contribution in [0, 0.1) is 0 Å². The van der Waals surface area contributed by atoms with E-state index in [1.54, 1.807) is 19.2 Å². The smallest absolute Gasteiger partial charge is 0.342 e. The van der Waals surface area contributed by atoms with Crippen molar-refractivity contribution in [2.75, 3.05) is 33.0 Å². The number of esters is 1. The Balaban J connectivity index is 2.74. The molecule has 0 bridgehead atoms. The van der Waals surface area contributed by atoms with Crippen LogP contribution in [0.1, 0.15) is 17.3 Å². The van der Waals surface area contributed by atoms with Crippen molar-refractivity contribution in [2.45, 2.75) is 6.92 Å². The lowest BCUT2D eigenvalue weighted by molar-refractivity contribution is -0.133. The van der Waals surface area contributed by atoms with E-state index in [1.165, 1.54) is 18.1 Å². The number of hydrogen-bond acceptors (Lipinski definition) is 5. The number of nitrogen functional groups attached to an aromatic ring is 1. The van der Waals surface area contributed by atoms with Crippen LogP contribution in [-0.2, 0) is 9.53 Å². The molecule has 104 valence electrons. The molecule has 0 radical (unpaired) electrons. The summed E-state index contributed by atoms with van der Waals surface area (Å²) in [5, 5.41) is 0. The summed E-state index contributed by atoms with van der Waals surface area (Å²) < 4.78 is 10.00. The molecule has 0 aliphatic heterocycles. The van der Waals surface area contributed by atoms with Crippen LogP contribution in [0.2, 0.25) is 0 Å². The van der Waals surface area contributed by atoms with Crippen molar-refractivity contribution < 1.29 is 19.1 Å². The number of para-hydroxylation sites is 1. The molecule has 0 aliphatic rings. The van der Waals surface area contributed by atoms with E-state index >= 15 is 0 Å². The largest absolute Gasteiger partial charge is 0.494 e. The number of nitrogens with two attached hydrogens (primary N) is 1. The first-order valence-corrected chi connectivity index (χ1v) is 5.84. The van der Waals surface area contributed by atoms with Crippen LogP contribution in [-0.4, -0.2) is 44.1 Å². The van der Waals surface area contributed by atoms with Gasteiger partial charge in [0.15, 0.2) is 12.4 Å². The van der Waals surface area contributed by atoms with Crippen molar-refractivity contribution in [1.82, 2.24) is 4.90 Å². The van der Waals surface area contributed by atoms with Gasteiger partial charge in [0, 0.05) is 13.6 Å². The Morgan fingerprint density at radius 1 is 1.37 bits per heavy atom. The fraction of sp³-hybridized carbons (Fsp3) is 0.385. The van der Waals surface area contributed by atoms with Crippen LogP contribution in [0.15, 0.2) is 18.2 Å². The van der Waals surface area contributed by atoms with E-state index < -0.39 is 5.97 Å². The first-order valence-electron chi connectivity index (χ1n) is 5.84. The van der Waals surface area contributed by atoms with E-state index in [9.17, 15) is 9.59 Å². The molecule has 1 amide bonds. The molecule has 0 unspecified atom stereocenters. The van der Waals surface area contributed by atoms with Gasteiger partial charge in [0.25, 0.3) is 5.91 Å². The SMILES string of the molecule is CCN(C)C(=O)COC(=O)c1cccc(N)c1OC. The minimum Gasteiger partial charge on any atom is -0.494 e. The van der Waals surface area contributed by atoms with Gasteiger partial charge < -0.3 is 20.1 Å². The second kappa shape index (κ2) is 6.63. The number of rotatable bonds is 5. The number of likely N-dealkylation sites (N-methyl/N-ethyl adjacent to an activating group) is 1. The molecule has 0 saturated carbocycles. The van der Waals surface area contributed by atoms with Gasteiger partial charge in [0.2, 0.25) is 0 Å². The highest BCUT2D eigenvalue weighted by molar-refractivity contribution is 5.95. The Morgan fingerprint density at radius 2 is 2.05 bits per heavy atom. The molecule has 0 saturated heterocycles. The van der Waals surface area contributed by atoms with Gasteiger partial charge in [-0.15, -0.1) is 0 Å². The second-order valence-corrected chi connectivity index (χ2v) is 3.91. The zero-order valence-electron chi connectivity index (χ0n) is 11.3. The Bertz CT molecular complexity index is 474. The van der Waals surface area contributed by atoms with E-state index in [0.29, 0.717) is 12.2 Å². The van der Waals surface area contributed by atoms with Gasteiger partial charge in [0.1, 0.15) is 5.56 Å². The molecule has 0 atom stereocenters. The van der Waals surface area contributed by atoms with Gasteiger partial charge in [-0.05, 0) is 19.1 Å². The maximum Gasteiger partial charge on any atom is 0.342 e. The lowest BCUT2D eigenvalue weighted by Crippen LogP contribution is -2.31. The lowest BCUT2D eigenvalue weighted by atomic mass is 10.2. The van der Waals surface area contributed by atoms with E-state index in [4.69, 9.17) is 15.2 Å². The lowest BCUT2D eigenvalue weighted by Gasteiger charge is -2.15. The molecule has 6 heteroatoms. The first kappa shape index (κ1) is 14.8. The average Bonchev–Trinajstić information content (AvgIpc) is 2.42. The van der Waals surface area contributed by atoms with Crippen molar-refractivity contribution in [3.63, 3.8) is 0 Å². The number of anilines is 1. The Kier molecular flexibility index (Phi) is 5.17. The van der Waals surface area contributed by atoms with Crippen molar-refractivity contribution in [1.29, 1.82) is 0 Å². The van der Waals surface area contributed by atoms with Gasteiger partial charge in [0.05, 0.1) is 12.8 Å². The predicted octanol–water partition coefficient (Wildman–Crippen LogP) is 0.912. The van der Waals surface area contributed by atoms with Gasteiger partial charge in [-0.3, -0.25) is 4.79 Å². The topological polar surface area (TPSA) is 81.9 Å². The van der Waals surface area contributed by atoms with Gasteiger partial charge in [-0.25, -0.2) is 4.79 Å². The van der Waals surface area contributed by atoms with E-state index in [1.807, 2.05) is 6.92 Å². The van der Waals surface area contributed by atoms with Gasteiger partial charge in [-0.2, -0.15) is 0 Å². The molecule has 0 aromatic heterocycles. The number of carbonyl (C=O) groups is 2. The fourth-order valence-electron chi connectivity index (χ4n) is 1.44. The summed E-state index contributed by atoms with van der Waals surface area (Å²) in [7, 11) is 3.05. The van der Waals surface area contributed by atoms with Gasteiger partial charge >= 0.3 is 5.97 Å². The fourth-order valence-corrected chi connectivity index (χ4v) is 1.44. The molecule has 0 aliphatic carbocycles. The summed E-state index contributed by atoms with van der Waals surface area (Å²) in [4.78, 5) is 24.8. The maximum absolute atomic E-state index is 11.9. The second-order valence-electron chi connectivity index (χ2n) is 3.91. The number of amides is 1. The van der Waals surface area contributed by atoms with Crippen LogP contribution in [0.3, 0.4) is 0 Å². The molecule has 2 N–H and O–H groups in total. The summed E-state index contributed by atoms with van der Waals surface area (Å²) in [6, 6.07) is 4.77. The molecular formula is C13H18N2O4. The first-order chi connectivity index (χ1) is 9.01. The zero-order chi connectivity index (χ0) is 14.4. The number of ether oxygens (including phenoxy) is 2. The molecule has 19 heavy (non-hydrogen) atoms. The van der Waals surface area contributed by atoms with Crippen LogP contribution in [0.25, 0.3) is 0 Å². The molecule has 6 nitrogen and oxygen atoms in total. The van der Waals surface area contributed by atoms with Crippen molar-refractivity contribution in [3.8, 4) is 5.75 Å². The summed E-state index contributed by atoms with van der Waals surface area (Å²) in [5.41, 5.74) is 6.23. The Morgan fingerprint density at radius 3 is 2.63 bits per heavy atom. The monoisotopic (exact) mass is 266 g/mol. The Labute approximate surface area is 112 Å². The summed E-state index contributed by atoms with van der Waals surface area (Å²) in [6.45, 7) is 2.08. The number of hydrogen-bond donors (Lipinski definition) is 1. The van der Waals surface area contributed by atoms with E-state index in [0.717, 1.165) is 0 Å². The zero-order valence-corrected chi connectivity index (χ0v) is 11.3. The highest BCUT2D eigenvalue weighted by Gasteiger charge is 2.17. The number of methoxy groups -OCH3 is 1. The Hall–Kier alpha value is -2.24. The molecule has 1 aromatic rings. The van der Waals surface area contributed by atoms with Crippen LogP contribution < -0.4 is 10.5 Å². The molecular weight excluding hydrogens is 248 g/mol. The molecule has 0 fully saturated rings. The quantitative estimate of drug-likeness (QED) is 0.633. The van der Waals surface area contributed by atoms with E-state index in [2.05, 4.69) is 0 Å². The van der Waals surface area contributed by atoms with Gasteiger partial charge in [-0.1, -0.05) is 6.07 Å². The van der Waals surface area contributed by atoms with Crippen LogP contribution >= 0.6 is 0 Å². The number of benzene rings is 1. The summed E-state index contributed by atoms with van der Waals surface area (Å²) >= 11 is 0. The number of nitrogens with zero attached hydrogens (tertiary/aromatic N) is 1.